The highest BCUT2D eigenvalue weighted by atomic mass is 16.5. The monoisotopic (exact) mass is 385 g/mol. The molecule has 0 bridgehead atoms. The Hall–Kier alpha value is -2.47. The third-order valence-corrected chi connectivity index (χ3v) is 5.32. The number of hydrogen-bond acceptors (Lipinski definition) is 6. The molecule has 5 atom stereocenters. The quantitative estimate of drug-likeness (QED) is 0.621. The number of fused-ring (bicyclic) bond motifs is 1. The molecule has 6 nitrogen and oxygen atoms in total. The van der Waals surface area contributed by atoms with Gasteiger partial charge >= 0.3 is 11.9 Å². The van der Waals surface area contributed by atoms with Crippen LogP contribution in [-0.4, -0.2) is 40.3 Å². The first kappa shape index (κ1) is 20.3. The molecule has 1 saturated carbocycles. The lowest BCUT2D eigenvalue weighted by molar-refractivity contribution is -0.142. The predicted molar refractivity (Wildman–Crippen MR) is 103 cm³/mol. The number of ether oxygens (including phenoxy) is 2. The maximum atomic E-state index is 12.3. The molecule has 0 aromatic carbocycles. The van der Waals surface area contributed by atoms with Crippen molar-refractivity contribution in [1.82, 2.24) is 4.98 Å². The molecule has 2 heterocycles. The third-order valence-electron chi connectivity index (χ3n) is 5.32. The van der Waals surface area contributed by atoms with Crippen LogP contribution < -0.4 is 0 Å². The molecule has 1 fully saturated rings. The molecule has 0 amide bonds. The van der Waals surface area contributed by atoms with Crippen molar-refractivity contribution >= 4 is 11.9 Å². The van der Waals surface area contributed by atoms with Crippen molar-refractivity contribution < 1.29 is 24.2 Å². The van der Waals surface area contributed by atoms with E-state index in [0.717, 1.165) is 19.3 Å². The molecule has 0 radical (unpaired) electrons. The molecular formula is C22H27NO5. The number of aliphatic hydroxyl groups excluding tert-OH is 1. The van der Waals surface area contributed by atoms with E-state index in [2.05, 4.69) is 17.1 Å². The largest absolute Gasteiger partial charge is 0.460 e. The summed E-state index contributed by atoms with van der Waals surface area (Å²) in [5.74, 6) is -0.937. The highest BCUT2D eigenvalue weighted by Gasteiger charge is 2.38. The van der Waals surface area contributed by atoms with Gasteiger partial charge in [0.1, 0.15) is 11.8 Å². The lowest BCUT2D eigenvalue weighted by Crippen LogP contribution is -2.22. The number of pyridine rings is 1. The minimum absolute atomic E-state index is 0.0791. The maximum Gasteiger partial charge on any atom is 0.357 e. The van der Waals surface area contributed by atoms with E-state index in [9.17, 15) is 14.7 Å². The number of carbonyl (C=O) groups is 2. The standard InChI is InChI=1S/C22H27NO5/c1-15-7-3-2-4-8-16-13-17(28-22(26)19-9-5-6-12-23-19)14-18(16)20(24)10-11-21(25)27-15/h4-6,8-12,15-18,20,24H,2-3,7,13-14H2,1H3/b8-4+,11-10+/t15-,16+,17-,18+,20+/m0/s1. The van der Waals surface area contributed by atoms with Crippen molar-refractivity contribution in [3.63, 3.8) is 0 Å². The molecule has 2 aliphatic rings. The third kappa shape index (κ3) is 5.52. The van der Waals surface area contributed by atoms with Crippen molar-refractivity contribution in [2.75, 3.05) is 0 Å². The van der Waals surface area contributed by atoms with E-state index >= 15 is 0 Å². The molecule has 1 aromatic rings. The van der Waals surface area contributed by atoms with Crippen LogP contribution in [0.1, 0.15) is 49.5 Å². The summed E-state index contributed by atoms with van der Waals surface area (Å²) < 4.78 is 10.9. The van der Waals surface area contributed by atoms with E-state index < -0.39 is 18.0 Å². The number of aromatic nitrogens is 1. The van der Waals surface area contributed by atoms with Gasteiger partial charge < -0.3 is 14.6 Å². The number of hydrogen-bond donors (Lipinski definition) is 1. The molecule has 0 spiro atoms. The molecule has 1 aromatic heterocycles. The van der Waals surface area contributed by atoms with Gasteiger partial charge in [-0.1, -0.05) is 18.2 Å². The molecule has 1 N–H and O–H groups in total. The fourth-order valence-corrected chi connectivity index (χ4v) is 3.87. The Morgan fingerprint density at radius 1 is 1.29 bits per heavy atom. The van der Waals surface area contributed by atoms with Crippen molar-refractivity contribution in [1.29, 1.82) is 0 Å². The first-order valence-electron chi connectivity index (χ1n) is 9.88. The Balaban J connectivity index is 1.69. The smallest absolute Gasteiger partial charge is 0.357 e. The van der Waals surface area contributed by atoms with Crippen LogP contribution in [0.5, 0.6) is 0 Å². The van der Waals surface area contributed by atoms with E-state index in [-0.39, 0.29) is 29.7 Å². The number of esters is 2. The summed E-state index contributed by atoms with van der Waals surface area (Å²) in [6, 6.07) is 5.10. The van der Waals surface area contributed by atoms with Gasteiger partial charge in [0.25, 0.3) is 0 Å². The number of allylic oxidation sites excluding steroid dienone is 2. The average molecular weight is 385 g/mol. The summed E-state index contributed by atoms with van der Waals surface area (Å²) in [7, 11) is 0. The minimum atomic E-state index is -0.809. The van der Waals surface area contributed by atoms with E-state index in [1.54, 1.807) is 24.4 Å². The minimum Gasteiger partial charge on any atom is -0.460 e. The zero-order chi connectivity index (χ0) is 19.9. The lowest BCUT2D eigenvalue weighted by atomic mass is 9.90. The molecule has 0 saturated heterocycles. The van der Waals surface area contributed by atoms with E-state index in [4.69, 9.17) is 9.47 Å². The van der Waals surface area contributed by atoms with Crippen LogP contribution in [0.25, 0.3) is 0 Å². The number of nitrogens with zero attached hydrogens (tertiary/aromatic N) is 1. The Bertz CT molecular complexity index is 730. The van der Waals surface area contributed by atoms with Crippen molar-refractivity contribution in [2.45, 2.75) is 57.3 Å². The van der Waals surface area contributed by atoms with Crippen LogP contribution >= 0.6 is 0 Å². The molecular weight excluding hydrogens is 358 g/mol. The lowest BCUT2D eigenvalue weighted by Gasteiger charge is -2.19. The van der Waals surface area contributed by atoms with E-state index in [0.29, 0.717) is 12.8 Å². The molecule has 3 rings (SSSR count). The molecule has 28 heavy (non-hydrogen) atoms. The fraction of sp³-hybridized carbons (Fsp3) is 0.500. The van der Waals surface area contributed by atoms with Crippen molar-refractivity contribution in [3.8, 4) is 0 Å². The topological polar surface area (TPSA) is 85.7 Å². The zero-order valence-corrected chi connectivity index (χ0v) is 16.1. The number of cyclic esters (lactones) is 1. The Kier molecular flexibility index (Phi) is 6.98. The maximum absolute atomic E-state index is 12.3. The molecule has 1 aliphatic carbocycles. The summed E-state index contributed by atoms with van der Waals surface area (Å²) in [4.78, 5) is 28.2. The van der Waals surface area contributed by atoms with Crippen LogP contribution in [0.2, 0.25) is 0 Å². The fourth-order valence-electron chi connectivity index (χ4n) is 3.87. The van der Waals surface area contributed by atoms with Gasteiger partial charge in [0.15, 0.2) is 0 Å². The summed E-state index contributed by atoms with van der Waals surface area (Å²) in [6.45, 7) is 1.88. The van der Waals surface area contributed by atoms with Gasteiger partial charge in [0.2, 0.25) is 0 Å². The Labute approximate surface area is 165 Å². The molecule has 1 aliphatic heterocycles. The predicted octanol–water partition coefficient (Wildman–Crippen LogP) is 3.22. The van der Waals surface area contributed by atoms with E-state index in [1.165, 1.54) is 12.2 Å². The molecule has 0 unspecified atom stereocenters. The van der Waals surface area contributed by atoms with Gasteiger partial charge in [-0.2, -0.15) is 0 Å². The summed E-state index contributed by atoms with van der Waals surface area (Å²) >= 11 is 0. The number of aliphatic hydroxyl groups is 1. The average Bonchev–Trinajstić information content (AvgIpc) is 3.08. The van der Waals surface area contributed by atoms with Crippen LogP contribution in [-0.2, 0) is 14.3 Å². The van der Waals surface area contributed by atoms with Crippen molar-refractivity contribution in [3.05, 3.63) is 54.4 Å². The van der Waals surface area contributed by atoms with Gasteiger partial charge in [-0.25, -0.2) is 14.6 Å². The summed E-state index contributed by atoms with van der Waals surface area (Å²) in [5.41, 5.74) is 0.275. The van der Waals surface area contributed by atoms with Gasteiger partial charge in [-0.15, -0.1) is 0 Å². The SMILES string of the molecule is C[C@H]1CCC/C=C/[C@@H]2C[C@H](OC(=O)c3ccccn3)C[C@H]2[C@H](O)/C=C/C(=O)O1. The van der Waals surface area contributed by atoms with Crippen LogP contribution in [0.4, 0.5) is 0 Å². The number of carbonyl (C=O) groups excluding carboxylic acids is 2. The summed E-state index contributed by atoms with van der Waals surface area (Å²) in [6.07, 6.45) is 11.1. The summed E-state index contributed by atoms with van der Waals surface area (Å²) in [5, 5.41) is 10.6. The highest BCUT2D eigenvalue weighted by Crippen LogP contribution is 2.38. The van der Waals surface area contributed by atoms with Gasteiger partial charge in [0.05, 0.1) is 12.2 Å². The van der Waals surface area contributed by atoms with Gasteiger partial charge in [-0.05, 0) is 69.1 Å². The second-order valence-corrected chi connectivity index (χ2v) is 7.50. The van der Waals surface area contributed by atoms with Crippen LogP contribution in [0.3, 0.4) is 0 Å². The van der Waals surface area contributed by atoms with Gasteiger partial charge in [-0.3, -0.25) is 0 Å². The van der Waals surface area contributed by atoms with Gasteiger partial charge in [0, 0.05) is 12.3 Å². The highest BCUT2D eigenvalue weighted by molar-refractivity contribution is 5.87. The normalized spacial score (nSPS) is 33.4. The second kappa shape index (κ2) is 9.64. The second-order valence-electron chi connectivity index (χ2n) is 7.50. The van der Waals surface area contributed by atoms with Crippen LogP contribution in [0.15, 0.2) is 48.7 Å². The molecule has 6 heteroatoms. The Morgan fingerprint density at radius 2 is 2.14 bits per heavy atom. The zero-order valence-electron chi connectivity index (χ0n) is 16.1. The first-order valence-corrected chi connectivity index (χ1v) is 9.88. The molecule has 150 valence electrons. The van der Waals surface area contributed by atoms with Crippen LogP contribution in [0, 0.1) is 11.8 Å². The Morgan fingerprint density at radius 3 is 2.93 bits per heavy atom. The van der Waals surface area contributed by atoms with Crippen molar-refractivity contribution in [2.24, 2.45) is 11.8 Å². The number of rotatable bonds is 2. The first-order chi connectivity index (χ1) is 13.5. The van der Waals surface area contributed by atoms with E-state index in [1.807, 2.05) is 6.92 Å².